The van der Waals surface area contributed by atoms with Crippen LogP contribution >= 0.6 is 0 Å². The number of amides is 2. The van der Waals surface area contributed by atoms with Crippen LogP contribution in [0.1, 0.15) is 21.9 Å². The minimum absolute atomic E-state index is 0.177. The van der Waals surface area contributed by atoms with Gasteiger partial charge in [0.05, 0.1) is 6.42 Å². The molecule has 0 radical (unpaired) electrons. The first-order chi connectivity index (χ1) is 9.04. The van der Waals surface area contributed by atoms with Gasteiger partial charge in [-0.05, 0) is 17.7 Å². The smallest absolute Gasteiger partial charge is 0.277 e. The van der Waals surface area contributed by atoms with Gasteiger partial charge in [0.1, 0.15) is 6.26 Å². The summed E-state index contributed by atoms with van der Waals surface area (Å²) in [6.45, 7) is 1.66. The Morgan fingerprint density at radius 3 is 2.53 bits per heavy atom. The molecule has 0 aliphatic rings. The van der Waals surface area contributed by atoms with Gasteiger partial charge in [-0.2, -0.15) is 0 Å². The summed E-state index contributed by atoms with van der Waals surface area (Å²) in [5, 5.41) is 2.67. The van der Waals surface area contributed by atoms with E-state index in [0.717, 1.165) is 5.56 Å². The molecule has 0 atom stereocenters. The number of nitrogens with zero attached hydrogens (tertiary/aromatic N) is 1. The average molecular weight is 259 g/mol. The molecule has 1 aromatic heterocycles. The van der Waals surface area contributed by atoms with Gasteiger partial charge in [0.25, 0.3) is 5.91 Å². The standard InChI is InChI=1S/C13H13N3O3/c1-8-15-11(7-19-8)13(18)16-10-4-2-9(3-5-10)6-12(14)17/h2-5,7H,6H2,1H3,(H2,14,17)(H,16,18). The van der Waals surface area contributed by atoms with Crippen LogP contribution in [0.2, 0.25) is 0 Å². The van der Waals surface area contributed by atoms with Crippen molar-refractivity contribution >= 4 is 17.5 Å². The third-order valence-electron chi connectivity index (χ3n) is 2.44. The van der Waals surface area contributed by atoms with Gasteiger partial charge < -0.3 is 15.5 Å². The van der Waals surface area contributed by atoms with Gasteiger partial charge in [-0.15, -0.1) is 0 Å². The zero-order valence-corrected chi connectivity index (χ0v) is 10.3. The highest BCUT2D eigenvalue weighted by Crippen LogP contribution is 2.11. The minimum Gasteiger partial charge on any atom is -0.448 e. The van der Waals surface area contributed by atoms with Gasteiger partial charge >= 0.3 is 0 Å². The molecule has 19 heavy (non-hydrogen) atoms. The van der Waals surface area contributed by atoms with Crippen LogP contribution in [0.15, 0.2) is 34.9 Å². The zero-order valence-electron chi connectivity index (χ0n) is 10.3. The SMILES string of the molecule is Cc1nc(C(=O)Nc2ccc(CC(N)=O)cc2)co1. The number of oxazole rings is 1. The van der Waals surface area contributed by atoms with Gasteiger partial charge in [0.15, 0.2) is 11.6 Å². The van der Waals surface area contributed by atoms with Crippen molar-refractivity contribution in [1.82, 2.24) is 4.98 Å². The quantitative estimate of drug-likeness (QED) is 0.863. The molecule has 1 heterocycles. The van der Waals surface area contributed by atoms with Gasteiger partial charge in [0.2, 0.25) is 5.91 Å². The van der Waals surface area contributed by atoms with E-state index in [1.165, 1.54) is 6.26 Å². The Balaban J connectivity index is 2.03. The fourth-order valence-electron chi connectivity index (χ4n) is 1.57. The van der Waals surface area contributed by atoms with E-state index in [0.29, 0.717) is 11.6 Å². The van der Waals surface area contributed by atoms with E-state index in [2.05, 4.69) is 10.3 Å². The number of rotatable bonds is 4. The molecule has 0 spiro atoms. The number of benzene rings is 1. The van der Waals surface area contributed by atoms with E-state index in [-0.39, 0.29) is 18.0 Å². The number of hydrogen-bond donors (Lipinski definition) is 2. The Kier molecular flexibility index (Phi) is 3.61. The zero-order chi connectivity index (χ0) is 13.8. The molecule has 2 rings (SSSR count). The van der Waals surface area contributed by atoms with Crippen LogP contribution in [0.4, 0.5) is 5.69 Å². The van der Waals surface area contributed by atoms with Crippen molar-refractivity contribution in [2.75, 3.05) is 5.32 Å². The summed E-state index contributed by atoms with van der Waals surface area (Å²) in [6, 6.07) is 6.86. The average Bonchev–Trinajstić information content (AvgIpc) is 2.78. The molecule has 0 saturated heterocycles. The van der Waals surface area contributed by atoms with Gasteiger partial charge in [-0.3, -0.25) is 9.59 Å². The Hall–Kier alpha value is -2.63. The molecule has 0 aliphatic heterocycles. The lowest BCUT2D eigenvalue weighted by molar-refractivity contribution is -0.117. The second kappa shape index (κ2) is 5.34. The summed E-state index contributed by atoms with van der Waals surface area (Å²) in [5.41, 5.74) is 6.72. The number of anilines is 1. The van der Waals surface area contributed by atoms with Crippen LogP contribution in [0.5, 0.6) is 0 Å². The van der Waals surface area contributed by atoms with Crippen LogP contribution in [0.3, 0.4) is 0 Å². The summed E-state index contributed by atoms with van der Waals surface area (Å²) in [6.07, 6.45) is 1.48. The van der Waals surface area contributed by atoms with E-state index in [1.54, 1.807) is 31.2 Å². The number of hydrogen-bond acceptors (Lipinski definition) is 4. The van der Waals surface area contributed by atoms with E-state index in [4.69, 9.17) is 10.2 Å². The molecule has 0 saturated carbocycles. The van der Waals surface area contributed by atoms with Crippen molar-refractivity contribution in [3.63, 3.8) is 0 Å². The number of carbonyl (C=O) groups is 2. The highest BCUT2D eigenvalue weighted by Gasteiger charge is 2.10. The number of aromatic nitrogens is 1. The van der Waals surface area contributed by atoms with Gasteiger partial charge in [-0.25, -0.2) is 4.98 Å². The lowest BCUT2D eigenvalue weighted by Crippen LogP contribution is -2.14. The fourth-order valence-corrected chi connectivity index (χ4v) is 1.57. The van der Waals surface area contributed by atoms with Crippen LogP contribution in [0.25, 0.3) is 0 Å². The van der Waals surface area contributed by atoms with E-state index >= 15 is 0 Å². The third kappa shape index (κ3) is 3.41. The van der Waals surface area contributed by atoms with Gasteiger partial charge in [0, 0.05) is 12.6 Å². The maximum Gasteiger partial charge on any atom is 0.277 e. The second-order valence-electron chi connectivity index (χ2n) is 4.05. The summed E-state index contributed by atoms with van der Waals surface area (Å²) in [4.78, 5) is 26.5. The first-order valence-electron chi connectivity index (χ1n) is 5.65. The molecule has 98 valence electrons. The lowest BCUT2D eigenvalue weighted by atomic mass is 10.1. The molecule has 2 aromatic rings. The first kappa shape index (κ1) is 12.8. The molecule has 0 fully saturated rings. The van der Waals surface area contributed by atoms with Crippen LogP contribution < -0.4 is 11.1 Å². The molecule has 0 bridgehead atoms. The van der Waals surface area contributed by atoms with E-state index in [9.17, 15) is 9.59 Å². The summed E-state index contributed by atoms with van der Waals surface area (Å²) in [5.74, 6) is -0.309. The molecule has 6 nitrogen and oxygen atoms in total. The number of aryl methyl sites for hydroxylation is 1. The van der Waals surface area contributed by atoms with Crippen molar-refractivity contribution in [3.8, 4) is 0 Å². The maximum absolute atomic E-state index is 11.8. The molecular weight excluding hydrogens is 246 g/mol. The Morgan fingerprint density at radius 2 is 2.00 bits per heavy atom. The monoisotopic (exact) mass is 259 g/mol. The van der Waals surface area contributed by atoms with Crippen LogP contribution in [-0.4, -0.2) is 16.8 Å². The summed E-state index contributed by atoms with van der Waals surface area (Å²) in [7, 11) is 0. The molecule has 1 aromatic carbocycles. The largest absolute Gasteiger partial charge is 0.448 e. The summed E-state index contributed by atoms with van der Waals surface area (Å²) < 4.78 is 4.96. The third-order valence-corrected chi connectivity index (χ3v) is 2.44. The molecule has 2 amide bonds. The predicted molar refractivity (Wildman–Crippen MR) is 68.5 cm³/mol. The highest BCUT2D eigenvalue weighted by atomic mass is 16.3. The molecule has 6 heteroatoms. The number of nitrogens with two attached hydrogens (primary N) is 1. The van der Waals surface area contributed by atoms with Crippen LogP contribution in [0, 0.1) is 6.92 Å². The normalized spacial score (nSPS) is 10.2. The van der Waals surface area contributed by atoms with Crippen molar-refractivity contribution in [2.45, 2.75) is 13.3 Å². The van der Waals surface area contributed by atoms with Crippen molar-refractivity contribution in [1.29, 1.82) is 0 Å². The Bertz CT molecular complexity index is 602. The molecule has 3 N–H and O–H groups in total. The van der Waals surface area contributed by atoms with Crippen molar-refractivity contribution in [3.05, 3.63) is 47.7 Å². The van der Waals surface area contributed by atoms with Crippen molar-refractivity contribution < 1.29 is 14.0 Å². The highest BCUT2D eigenvalue weighted by molar-refractivity contribution is 6.02. The predicted octanol–water partition coefficient (Wildman–Crippen LogP) is 1.26. The topological polar surface area (TPSA) is 98.2 Å². The second-order valence-corrected chi connectivity index (χ2v) is 4.05. The summed E-state index contributed by atoms with van der Waals surface area (Å²) >= 11 is 0. The number of carbonyl (C=O) groups excluding carboxylic acids is 2. The Labute approximate surface area is 109 Å². The van der Waals surface area contributed by atoms with Crippen LogP contribution in [-0.2, 0) is 11.2 Å². The fraction of sp³-hybridized carbons (Fsp3) is 0.154. The Morgan fingerprint density at radius 1 is 1.32 bits per heavy atom. The van der Waals surface area contributed by atoms with E-state index < -0.39 is 5.91 Å². The maximum atomic E-state index is 11.8. The van der Waals surface area contributed by atoms with E-state index in [1.807, 2.05) is 0 Å². The first-order valence-corrected chi connectivity index (χ1v) is 5.65. The number of primary amides is 1. The van der Waals surface area contributed by atoms with Crippen molar-refractivity contribution in [2.24, 2.45) is 5.73 Å². The molecule has 0 unspecified atom stereocenters. The molecular formula is C13H13N3O3. The lowest BCUT2D eigenvalue weighted by Gasteiger charge is -2.04. The number of nitrogens with one attached hydrogen (secondary N) is 1. The van der Waals surface area contributed by atoms with Gasteiger partial charge in [-0.1, -0.05) is 12.1 Å². The minimum atomic E-state index is -0.394. The molecule has 0 aliphatic carbocycles.